The van der Waals surface area contributed by atoms with Gasteiger partial charge in [0.25, 0.3) is 11.9 Å². The Hall–Kier alpha value is -1.99. The Kier molecular flexibility index (Phi) is 11.5. The van der Waals surface area contributed by atoms with Crippen molar-refractivity contribution in [2.75, 3.05) is 26.8 Å². The number of aliphatic imine (C=N–C) groups is 1. The van der Waals surface area contributed by atoms with E-state index in [-0.39, 0.29) is 15.6 Å². The maximum absolute atomic E-state index is 12.6. The molecule has 1 heterocycles. The predicted octanol–water partition coefficient (Wildman–Crippen LogP) is 4.36. The second kappa shape index (κ2) is 14.1. The molecule has 9 heteroatoms. The number of carbonyl (C=O) groups excluding carboxylic acids is 2. The molecule has 0 saturated heterocycles. The van der Waals surface area contributed by atoms with Crippen molar-refractivity contribution in [2.45, 2.75) is 57.4 Å². The molecule has 1 aromatic carbocycles. The van der Waals surface area contributed by atoms with Crippen LogP contribution < -0.4 is 10.6 Å². The fourth-order valence-corrected chi connectivity index (χ4v) is 3.85. The van der Waals surface area contributed by atoms with Gasteiger partial charge in [0, 0.05) is 19.5 Å². The van der Waals surface area contributed by atoms with Crippen LogP contribution in [0, 0.1) is 0 Å². The van der Waals surface area contributed by atoms with E-state index in [0.717, 1.165) is 64.6 Å². The molecule has 0 fully saturated rings. The maximum atomic E-state index is 12.6. The smallest absolute Gasteiger partial charge is 0.328 e. The lowest BCUT2D eigenvalue weighted by Gasteiger charge is -2.17. The molecule has 0 unspecified atom stereocenters. The highest BCUT2D eigenvalue weighted by atomic mass is 35.5. The molecule has 1 atom stereocenters. The van der Waals surface area contributed by atoms with Crippen molar-refractivity contribution in [3.05, 3.63) is 33.8 Å². The summed E-state index contributed by atoms with van der Waals surface area (Å²) in [4.78, 5) is 28.9. The number of unbranched alkanes of at least 4 members (excludes halogenated alkanes) is 5. The molecule has 7 nitrogen and oxygen atoms in total. The molecule has 0 aromatic heterocycles. The quantitative estimate of drug-likeness (QED) is 0.349. The Balaban J connectivity index is 1.64. The van der Waals surface area contributed by atoms with Crippen molar-refractivity contribution < 1.29 is 19.1 Å². The third-order valence-corrected chi connectivity index (χ3v) is 5.60. The van der Waals surface area contributed by atoms with Crippen molar-refractivity contribution in [1.82, 2.24) is 10.6 Å². The number of esters is 1. The Morgan fingerprint density at radius 1 is 1.13 bits per heavy atom. The zero-order chi connectivity index (χ0) is 22.5. The van der Waals surface area contributed by atoms with E-state index in [1.165, 1.54) is 7.11 Å². The average Bonchev–Trinajstić information content (AvgIpc) is 2.77. The number of methoxy groups -OCH3 is 1. The van der Waals surface area contributed by atoms with Crippen LogP contribution in [0.3, 0.4) is 0 Å². The number of hydrogen-bond donors (Lipinski definition) is 2. The summed E-state index contributed by atoms with van der Waals surface area (Å²) in [6.07, 6.45) is 7.61. The highest BCUT2D eigenvalue weighted by molar-refractivity contribution is 6.39. The van der Waals surface area contributed by atoms with E-state index in [1.807, 2.05) is 0 Å². The van der Waals surface area contributed by atoms with Crippen LogP contribution in [-0.2, 0) is 14.3 Å². The summed E-state index contributed by atoms with van der Waals surface area (Å²) >= 11 is 12.2. The minimum Gasteiger partial charge on any atom is -0.467 e. The van der Waals surface area contributed by atoms with Gasteiger partial charge in [-0.1, -0.05) is 61.4 Å². The highest BCUT2D eigenvalue weighted by Gasteiger charge is 2.24. The molecule has 1 aliphatic rings. The van der Waals surface area contributed by atoms with Gasteiger partial charge >= 0.3 is 5.97 Å². The number of benzene rings is 1. The molecule has 31 heavy (non-hydrogen) atoms. The monoisotopic (exact) mass is 471 g/mol. The van der Waals surface area contributed by atoms with Gasteiger partial charge in [-0.15, -0.1) is 0 Å². The second-order valence-corrected chi connectivity index (χ2v) is 8.19. The molecule has 1 aromatic rings. The average molecular weight is 472 g/mol. The van der Waals surface area contributed by atoms with Crippen molar-refractivity contribution in [2.24, 2.45) is 4.99 Å². The summed E-state index contributed by atoms with van der Waals surface area (Å²) < 4.78 is 10.2. The number of rotatable bonds is 12. The molecule has 0 bridgehead atoms. The lowest BCUT2D eigenvalue weighted by Crippen LogP contribution is -2.41. The van der Waals surface area contributed by atoms with Gasteiger partial charge in [-0.05, 0) is 25.0 Å². The fourth-order valence-electron chi connectivity index (χ4n) is 3.28. The van der Waals surface area contributed by atoms with E-state index in [1.54, 1.807) is 18.2 Å². The minimum atomic E-state index is -0.731. The predicted molar refractivity (Wildman–Crippen MR) is 123 cm³/mol. The van der Waals surface area contributed by atoms with Crippen LogP contribution in [0.25, 0.3) is 0 Å². The van der Waals surface area contributed by atoms with Crippen LogP contribution in [0.15, 0.2) is 23.2 Å². The highest BCUT2D eigenvalue weighted by Crippen LogP contribution is 2.24. The standard InChI is InChI=1S/C22H31Cl2N3O4/c1-30-21(29)18(27-20(28)19-16(23)10-8-11-17(19)24)12-6-4-2-3-5-7-13-25-22-26-14-9-15-31-22/h8,10-11,18H,2-7,9,12-15H2,1H3,(H,25,26)(H,27,28)/t18-/m0/s1. The number of carbonyl (C=O) groups is 2. The first kappa shape index (κ1) is 25.3. The minimum absolute atomic E-state index is 0.165. The summed E-state index contributed by atoms with van der Waals surface area (Å²) in [5.74, 6) is -0.958. The number of halogens is 2. The van der Waals surface area contributed by atoms with E-state index in [2.05, 4.69) is 15.6 Å². The molecule has 0 saturated carbocycles. The van der Waals surface area contributed by atoms with Gasteiger partial charge in [0.15, 0.2) is 0 Å². The van der Waals surface area contributed by atoms with Gasteiger partial charge in [-0.3, -0.25) is 4.79 Å². The number of hydrogen-bond acceptors (Lipinski definition) is 6. The van der Waals surface area contributed by atoms with Crippen molar-refractivity contribution in [1.29, 1.82) is 0 Å². The summed E-state index contributed by atoms with van der Waals surface area (Å²) in [5.41, 5.74) is 0.165. The van der Waals surface area contributed by atoms with Gasteiger partial charge < -0.3 is 20.1 Å². The van der Waals surface area contributed by atoms with Crippen LogP contribution in [0.2, 0.25) is 10.0 Å². The molecule has 1 amide bonds. The van der Waals surface area contributed by atoms with Crippen LogP contribution in [0.4, 0.5) is 0 Å². The lowest BCUT2D eigenvalue weighted by molar-refractivity contribution is -0.143. The van der Waals surface area contributed by atoms with Crippen LogP contribution in [-0.4, -0.2) is 50.7 Å². The summed E-state index contributed by atoms with van der Waals surface area (Å²) in [6.45, 7) is 2.44. The Bertz CT molecular complexity index is 738. The second-order valence-electron chi connectivity index (χ2n) is 7.37. The van der Waals surface area contributed by atoms with Gasteiger partial charge in [0.05, 0.1) is 29.3 Å². The maximum Gasteiger partial charge on any atom is 0.328 e. The molecule has 0 aliphatic carbocycles. The van der Waals surface area contributed by atoms with Gasteiger partial charge in [0.2, 0.25) is 0 Å². The molecule has 2 rings (SSSR count). The zero-order valence-corrected chi connectivity index (χ0v) is 19.4. The van der Waals surface area contributed by atoms with Gasteiger partial charge in [0.1, 0.15) is 6.04 Å². The first-order valence-corrected chi connectivity index (χ1v) is 11.5. The molecule has 172 valence electrons. The van der Waals surface area contributed by atoms with Crippen molar-refractivity contribution in [3.8, 4) is 0 Å². The van der Waals surface area contributed by atoms with E-state index in [9.17, 15) is 9.59 Å². The Morgan fingerprint density at radius 2 is 1.81 bits per heavy atom. The first-order valence-electron chi connectivity index (χ1n) is 10.8. The summed E-state index contributed by atoms with van der Waals surface area (Å²) in [6, 6.07) is 4.76. The van der Waals surface area contributed by atoms with E-state index >= 15 is 0 Å². The lowest BCUT2D eigenvalue weighted by atomic mass is 10.0. The third kappa shape index (κ3) is 8.95. The molecule has 0 radical (unpaired) electrons. The van der Waals surface area contributed by atoms with Gasteiger partial charge in [-0.2, -0.15) is 0 Å². The molecular formula is C22H31Cl2N3O4. The van der Waals surface area contributed by atoms with Gasteiger partial charge in [-0.25, -0.2) is 9.79 Å². The number of nitrogens with one attached hydrogen (secondary N) is 2. The van der Waals surface area contributed by atoms with Crippen LogP contribution >= 0.6 is 23.2 Å². The van der Waals surface area contributed by atoms with E-state index < -0.39 is 17.9 Å². The molecule has 0 spiro atoms. The topological polar surface area (TPSA) is 89.0 Å². The number of ether oxygens (including phenoxy) is 2. The first-order chi connectivity index (χ1) is 15.0. The number of nitrogens with zero attached hydrogens (tertiary/aromatic N) is 1. The Morgan fingerprint density at radius 3 is 2.45 bits per heavy atom. The molecule has 2 N–H and O–H groups in total. The zero-order valence-electron chi connectivity index (χ0n) is 17.9. The van der Waals surface area contributed by atoms with Crippen molar-refractivity contribution in [3.63, 3.8) is 0 Å². The summed E-state index contributed by atoms with van der Waals surface area (Å²) in [5, 5.41) is 6.40. The molecular weight excluding hydrogens is 441 g/mol. The van der Waals surface area contributed by atoms with Crippen molar-refractivity contribution >= 4 is 41.1 Å². The molecule has 1 aliphatic heterocycles. The van der Waals surface area contributed by atoms with Crippen LogP contribution in [0.5, 0.6) is 0 Å². The Labute approximate surface area is 193 Å². The number of amides is 1. The summed E-state index contributed by atoms with van der Waals surface area (Å²) in [7, 11) is 1.31. The third-order valence-electron chi connectivity index (χ3n) is 4.97. The van der Waals surface area contributed by atoms with E-state index in [4.69, 9.17) is 32.7 Å². The SMILES string of the molecule is COC(=O)[C@H](CCCCCCCCNC1=NCCCO1)NC(=O)c1c(Cl)cccc1Cl. The number of amidine groups is 1. The largest absolute Gasteiger partial charge is 0.467 e. The normalized spacial score (nSPS) is 14.2. The van der Waals surface area contributed by atoms with E-state index in [0.29, 0.717) is 12.4 Å². The fraction of sp³-hybridized carbons (Fsp3) is 0.591. The van der Waals surface area contributed by atoms with Crippen LogP contribution in [0.1, 0.15) is 61.7 Å².